The Morgan fingerprint density at radius 3 is 2.50 bits per heavy atom. The highest BCUT2D eigenvalue weighted by Gasteiger charge is 2.21. The van der Waals surface area contributed by atoms with Crippen LogP contribution in [0.4, 0.5) is 0 Å². The molecule has 134 valence electrons. The van der Waals surface area contributed by atoms with Crippen molar-refractivity contribution < 1.29 is 9.21 Å². The topological polar surface area (TPSA) is 59.2 Å². The molecule has 0 radical (unpaired) electrons. The number of nitrogens with zero attached hydrogens (tertiary/aromatic N) is 3. The van der Waals surface area contributed by atoms with Crippen LogP contribution in [0.5, 0.6) is 0 Å². The largest absolute Gasteiger partial charge is 0.424 e. The Morgan fingerprint density at radius 1 is 1.12 bits per heavy atom. The van der Waals surface area contributed by atoms with E-state index in [4.69, 9.17) is 16.0 Å². The molecule has 6 heteroatoms. The summed E-state index contributed by atoms with van der Waals surface area (Å²) in [5, 5.41) is 8.40. The van der Waals surface area contributed by atoms with Crippen LogP contribution in [-0.2, 0) is 11.3 Å². The molecule has 0 bridgehead atoms. The summed E-state index contributed by atoms with van der Waals surface area (Å²) in [6, 6.07) is 17.6. The molecule has 0 N–H and O–H groups in total. The van der Waals surface area contributed by atoms with Crippen LogP contribution in [0.15, 0.2) is 59.0 Å². The first-order chi connectivity index (χ1) is 12.5. The van der Waals surface area contributed by atoms with Crippen LogP contribution in [0.3, 0.4) is 0 Å². The van der Waals surface area contributed by atoms with Crippen LogP contribution in [0.25, 0.3) is 0 Å². The summed E-state index contributed by atoms with van der Waals surface area (Å²) >= 11 is 6.16. The number of carbonyl (C=O) groups is 1. The predicted molar refractivity (Wildman–Crippen MR) is 99.9 cm³/mol. The second-order valence-electron chi connectivity index (χ2n) is 6.19. The SMILES string of the molecule is Cc1nnc(CN(C)C(=O)CC(c2ccccc2)c2cccc(Cl)c2)o1. The molecule has 0 spiro atoms. The van der Waals surface area contributed by atoms with Crippen molar-refractivity contribution in [1.82, 2.24) is 15.1 Å². The molecule has 1 amide bonds. The van der Waals surface area contributed by atoms with E-state index in [0.717, 1.165) is 11.1 Å². The minimum absolute atomic E-state index is 0.00492. The maximum Gasteiger partial charge on any atom is 0.235 e. The van der Waals surface area contributed by atoms with Crippen LogP contribution in [-0.4, -0.2) is 28.1 Å². The van der Waals surface area contributed by atoms with Gasteiger partial charge in [-0.3, -0.25) is 4.79 Å². The third-order valence-electron chi connectivity index (χ3n) is 4.20. The molecule has 0 saturated carbocycles. The number of halogens is 1. The van der Waals surface area contributed by atoms with Gasteiger partial charge < -0.3 is 9.32 Å². The molecule has 0 aliphatic heterocycles. The van der Waals surface area contributed by atoms with E-state index in [2.05, 4.69) is 10.2 Å². The van der Waals surface area contributed by atoms with Gasteiger partial charge in [-0.15, -0.1) is 10.2 Å². The summed E-state index contributed by atoms with van der Waals surface area (Å²) in [4.78, 5) is 14.4. The molecule has 0 fully saturated rings. The van der Waals surface area contributed by atoms with Crippen LogP contribution in [0, 0.1) is 6.92 Å². The molecule has 3 aromatic rings. The smallest absolute Gasteiger partial charge is 0.235 e. The van der Waals surface area contributed by atoms with Crippen LogP contribution in [0.2, 0.25) is 5.02 Å². The predicted octanol–water partition coefficient (Wildman–Crippen LogP) is 4.21. The van der Waals surface area contributed by atoms with Gasteiger partial charge in [-0.1, -0.05) is 54.1 Å². The molecule has 0 saturated heterocycles. The summed E-state index contributed by atoms with van der Waals surface area (Å²) < 4.78 is 5.36. The Balaban J connectivity index is 1.80. The number of aromatic nitrogens is 2. The summed E-state index contributed by atoms with van der Waals surface area (Å²) in [6.07, 6.45) is 0.327. The normalized spacial score (nSPS) is 12.0. The molecule has 5 nitrogen and oxygen atoms in total. The second kappa shape index (κ2) is 8.15. The maximum absolute atomic E-state index is 12.8. The third kappa shape index (κ3) is 4.49. The maximum atomic E-state index is 12.8. The van der Waals surface area contributed by atoms with Crippen molar-refractivity contribution in [1.29, 1.82) is 0 Å². The van der Waals surface area contributed by atoms with Crippen molar-refractivity contribution in [2.24, 2.45) is 0 Å². The highest BCUT2D eigenvalue weighted by Crippen LogP contribution is 2.30. The minimum Gasteiger partial charge on any atom is -0.424 e. The fourth-order valence-corrected chi connectivity index (χ4v) is 3.06. The molecule has 1 atom stereocenters. The monoisotopic (exact) mass is 369 g/mol. The molecular weight excluding hydrogens is 350 g/mol. The zero-order valence-corrected chi connectivity index (χ0v) is 15.5. The number of hydrogen-bond donors (Lipinski definition) is 0. The molecule has 0 aliphatic rings. The van der Waals surface area contributed by atoms with Crippen molar-refractivity contribution in [3.63, 3.8) is 0 Å². The van der Waals surface area contributed by atoms with Gasteiger partial charge >= 0.3 is 0 Å². The summed E-state index contributed by atoms with van der Waals surface area (Å²) in [5.74, 6) is 0.836. The van der Waals surface area contributed by atoms with Gasteiger partial charge in [0.05, 0.1) is 6.54 Å². The second-order valence-corrected chi connectivity index (χ2v) is 6.62. The van der Waals surface area contributed by atoms with E-state index >= 15 is 0 Å². The molecule has 26 heavy (non-hydrogen) atoms. The van der Waals surface area contributed by atoms with Crippen LogP contribution < -0.4 is 0 Å². The molecular formula is C20H20ClN3O2. The Labute approximate surface area is 157 Å². The Morgan fingerprint density at radius 2 is 1.85 bits per heavy atom. The van der Waals surface area contributed by atoms with Crippen LogP contribution >= 0.6 is 11.6 Å². The standard InChI is InChI=1S/C20H20ClN3O2/c1-14-22-23-19(26-14)13-24(2)20(25)12-18(15-7-4-3-5-8-15)16-9-6-10-17(21)11-16/h3-11,18H,12-13H2,1-2H3. The highest BCUT2D eigenvalue weighted by molar-refractivity contribution is 6.30. The first-order valence-corrected chi connectivity index (χ1v) is 8.74. The van der Waals surface area contributed by atoms with Gasteiger partial charge in [0.25, 0.3) is 0 Å². The van der Waals surface area contributed by atoms with E-state index in [1.165, 1.54) is 0 Å². The summed E-state index contributed by atoms with van der Waals surface area (Å²) in [7, 11) is 1.74. The van der Waals surface area contributed by atoms with Crippen molar-refractivity contribution in [2.75, 3.05) is 7.05 Å². The fraction of sp³-hybridized carbons (Fsp3) is 0.250. The first kappa shape index (κ1) is 18.1. The van der Waals surface area contributed by atoms with Gasteiger partial charge in [0.15, 0.2) is 0 Å². The van der Waals surface area contributed by atoms with E-state index in [1.807, 2.05) is 54.6 Å². The molecule has 0 aliphatic carbocycles. The third-order valence-corrected chi connectivity index (χ3v) is 4.43. The zero-order chi connectivity index (χ0) is 18.5. The lowest BCUT2D eigenvalue weighted by molar-refractivity contribution is -0.130. The van der Waals surface area contributed by atoms with Crippen molar-refractivity contribution in [2.45, 2.75) is 25.8 Å². The lowest BCUT2D eigenvalue weighted by Gasteiger charge is -2.22. The van der Waals surface area contributed by atoms with Gasteiger partial charge in [-0.25, -0.2) is 0 Å². The molecule has 1 unspecified atom stereocenters. The number of benzene rings is 2. The minimum atomic E-state index is -0.0747. The Bertz CT molecular complexity index is 880. The lowest BCUT2D eigenvalue weighted by Crippen LogP contribution is -2.28. The quantitative estimate of drug-likeness (QED) is 0.653. The molecule has 1 aromatic heterocycles. The van der Waals surface area contributed by atoms with E-state index < -0.39 is 0 Å². The van der Waals surface area contributed by atoms with Crippen molar-refractivity contribution >= 4 is 17.5 Å². The first-order valence-electron chi connectivity index (χ1n) is 8.36. The molecule has 3 rings (SSSR count). The van der Waals surface area contributed by atoms with E-state index in [1.54, 1.807) is 18.9 Å². The fourth-order valence-electron chi connectivity index (χ4n) is 2.86. The van der Waals surface area contributed by atoms with Gasteiger partial charge in [-0.05, 0) is 23.3 Å². The van der Waals surface area contributed by atoms with E-state index in [0.29, 0.717) is 23.2 Å². The summed E-state index contributed by atoms with van der Waals surface area (Å²) in [6.45, 7) is 2.01. The number of aryl methyl sites for hydroxylation is 1. The Hall–Kier alpha value is -2.66. The van der Waals surface area contributed by atoms with Gasteiger partial charge in [0.1, 0.15) is 0 Å². The number of amides is 1. The van der Waals surface area contributed by atoms with Gasteiger partial charge in [-0.2, -0.15) is 0 Å². The van der Waals surface area contributed by atoms with Crippen molar-refractivity contribution in [3.05, 3.63) is 82.5 Å². The van der Waals surface area contributed by atoms with E-state index in [-0.39, 0.29) is 18.4 Å². The number of rotatable bonds is 6. The van der Waals surface area contributed by atoms with Crippen molar-refractivity contribution in [3.8, 4) is 0 Å². The molecule has 1 heterocycles. The van der Waals surface area contributed by atoms with Gasteiger partial charge in [0.2, 0.25) is 17.7 Å². The average Bonchev–Trinajstić information content (AvgIpc) is 3.05. The van der Waals surface area contributed by atoms with Gasteiger partial charge in [0, 0.05) is 31.3 Å². The molecule has 2 aromatic carbocycles. The number of hydrogen-bond acceptors (Lipinski definition) is 4. The zero-order valence-electron chi connectivity index (χ0n) is 14.7. The van der Waals surface area contributed by atoms with E-state index in [9.17, 15) is 4.79 Å². The summed E-state index contributed by atoms with van der Waals surface area (Å²) in [5.41, 5.74) is 2.09. The highest BCUT2D eigenvalue weighted by atomic mass is 35.5. The lowest BCUT2D eigenvalue weighted by atomic mass is 9.88. The average molecular weight is 370 g/mol. The van der Waals surface area contributed by atoms with Crippen LogP contribution in [0.1, 0.15) is 35.2 Å². The Kier molecular flexibility index (Phi) is 5.68. The number of carbonyl (C=O) groups excluding carboxylic acids is 1.